The van der Waals surface area contributed by atoms with Crippen molar-refractivity contribution in [1.82, 2.24) is 10.3 Å². The molecule has 1 aromatic heterocycles. The lowest BCUT2D eigenvalue weighted by Crippen LogP contribution is -2.14. The molecule has 1 aliphatic rings. The minimum Gasteiger partial charge on any atom is -0.309 e. The van der Waals surface area contributed by atoms with Crippen molar-refractivity contribution in [3.8, 4) is 0 Å². The lowest BCUT2D eigenvalue weighted by molar-refractivity contribution is 0.145. The predicted octanol–water partition coefficient (Wildman–Crippen LogP) is 2.44. The summed E-state index contributed by atoms with van der Waals surface area (Å²) < 4.78 is 24.7. The van der Waals surface area contributed by atoms with Gasteiger partial charge in [-0.2, -0.15) is 0 Å². The van der Waals surface area contributed by atoms with Gasteiger partial charge >= 0.3 is 0 Å². The van der Waals surface area contributed by atoms with Gasteiger partial charge in [0.05, 0.1) is 5.69 Å². The maximum Gasteiger partial charge on any atom is 0.280 e. The van der Waals surface area contributed by atoms with Crippen molar-refractivity contribution in [3.63, 3.8) is 0 Å². The quantitative estimate of drug-likeness (QED) is 0.789. The molecule has 14 heavy (non-hydrogen) atoms. The summed E-state index contributed by atoms with van der Waals surface area (Å²) >= 11 is 0. The molecule has 0 amide bonds. The van der Waals surface area contributed by atoms with Crippen LogP contribution < -0.4 is 5.32 Å². The largest absolute Gasteiger partial charge is 0.309 e. The number of halogens is 2. The first-order chi connectivity index (χ1) is 6.77. The highest BCUT2D eigenvalue weighted by molar-refractivity contribution is 5.15. The third kappa shape index (κ3) is 1.90. The Hall–Kier alpha value is -1.03. The number of rotatable bonds is 2. The standard InChI is InChI=1S/C10H12F2N2/c11-10(12)9-4-1-3-8(14-9)7-5-2-6-13-7/h1,3-4,7,10,13H,2,5-6H2. The van der Waals surface area contributed by atoms with E-state index in [1.165, 1.54) is 6.07 Å². The Balaban J connectivity index is 2.21. The van der Waals surface area contributed by atoms with Crippen LogP contribution in [0.25, 0.3) is 0 Å². The molecule has 0 radical (unpaired) electrons. The number of alkyl halides is 2. The lowest BCUT2D eigenvalue weighted by Gasteiger charge is -2.10. The summed E-state index contributed by atoms with van der Waals surface area (Å²) in [6.07, 6.45) is -0.401. The Labute approximate surface area is 81.4 Å². The van der Waals surface area contributed by atoms with E-state index < -0.39 is 6.43 Å². The minimum absolute atomic E-state index is 0.129. The lowest BCUT2D eigenvalue weighted by atomic mass is 10.1. The molecule has 2 nitrogen and oxygen atoms in total. The third-order valence-corrected chi connectivity index (χ3v) is 2.43. The van der Waals surface area contributed by atoms with Gasteiger partial charge in [-0.1, -0.05) is 6.07 Å². The molecule has 1 fully saturated rings. The Morgan fingerprint density at radius 2 is 2.29 bits per heavy atom. The Kier molecular flexibility index (Phi) is 2.72. The Bertz CT molecular complexity index is 309. The molecule has 1 aliphatic heterocycles. The molecular weight excluding hydrogens is 186 g/mol. The van der Waals surface area contributed by atoms with E-state index >= 15 is 0 Å². The average molecular weight is 198 g/mol. The summed E-state index contributed by atoms with van der Waals surface area (Å²) in [7, 11) is 0. The average Bonchev–Trinajstić information content (AvgIpc) is 2.71. The van der Waals surface area contributed by atoms with Crippen LogP contribution in [0.5, 0.6) is 0 Å². The van der Waals surface area contributed by atoms with Crippen molar-refractivity contribution in [3.05, 3.63) is 29.6 Å². The second-order valence-electron chi connectivity index (χ2n) is 3.44. The molecule has 1 N–H and O–H groups in total. The van der Waals surface area contributed by atoms with Gasteiger partial charge in [0.2, 0.25) is 0 Å². The van der Waals surface area contributed by atoms with Gasteiger partial charge in [0.25, 0.3) is 6.43 Å². The fourth-order valence-electron chi connectivity index (χ4n) is 1.72. The molecule has 1 aromatic rings. The first kappa shape index (κ1) is 9.52. The van der Waals surface area contributed by atoms with E-state index in [9.17, 15) is 8.78 Å². The molecule has 0 bridgehead atoms. The van der Waals surface area contributed by atoms with Crippen LogP contribution in [0.15, 0.2) is 18.2 Å². The fourth-order valence-corrected chi connectivity index (χ4v) is 1.72. The molecule has 1 unspecified atom stereocenters. The van der Waals surface area contributed by atoms with Gasteiger partial charge in [-0.15, -0.1) is 0 Å². The van der Waals surface area contributed by atoms with Gasteiger partial charge in [-0.05, 0) is 31.5 Å². The second kappa shape index (κ2) is 4.00. The number of aromatic nitrogens is 1. The summed E-state index contributed by atoms with van der Waals surface area (Å²) in [5.41, 5.74) is 0.608. The highest BCUT2D eigenvalue weighted by Gasteiger charge is 2.18. The predicted molar refractivity (Wildman–Crippen MR) is 49.2 cm³/mol. The van der Waals surface area contributed by atoms with E-state index in [2.05, 4.69) is 10.3 Å². The first-order valence-electron chi connectivity index (χ1n) is 4.76. The Morgan fingerprint density at radius 1 is 1.43 bits per heavy atom. The van der Waals surface area contributed by atoms with Crippen LogP contribution in [0.2, 0.25) is 0 Å². The zero-order chi connectivity index (χ0) is 9.97. The van der Waals surface area contributed by atoms with Gasteiger partial charge in [-0.25, -0.2) is 8.78 Å². The maximum absolute atomic E-state index is 12.4. The van der Waals surface area contributed by atoms with Crippen LogP contribution in [-0.2, 0) is 0 Å². The van der Waals surface area contributed by atoms with Gasteiger partial charge in [-0.3, -0.25) is 4.98 Å². The van der Waals surface area contributed by atoms with Crippen molar-refractivity contribution >= 4 is 0 Å². The van der Waals surface area contributed by atoms with E-state index in [0.29, 0.717) is 0 Å². The van der Waals surface area contributed by atoms with E-state index in [1.807, 2.05) is 0 Å². The number of pyridine rings is 1. The molecule has 76 valence electrons. The van der Waals surface area contributed by atoms with Crippen LogP contribution in [0, 0.1) is 0 Å². The van der Waals surface area contributed by atoms with Crippen LogP contribution in [0.3, 0.4) is 0 Å². The van der Waals surface area contributed by atoms with Gasteiger partial charge < -0.3 is 5.32 Å². The van der Waals surface area contributed by atoms with Crippen LogP contribution in [-0.4, -0.2) is 11.5 Å². The van der Waals surface area contributed by atoms with E-state index in [1.54, 1.807) is 12.1 Å². The van der Waals surface area contributed by atoms with Crippen molar-refractivity contribution < 1.29 is 8.78 Å². The van der Waals surface area contributed by atoms with Crippen molar-refractivity contribution in [2.75, 3.05) is 6.54 Å². The smallest absolute Gasteiger partial charge is 0.280 e. The zero-order valence-corrected chi connectivity index (χ0v) is 7.71. The number of nitrogens with one attached hydrogen (secondary N) is 1. The topological polar surface area (TPSA) is 24.9 Å². The van der Waals surface area contributed by atoms with Crippen LogP contribution in [0.4, 0.5) is 8.78 Å². The molecule has 0 aliphatic carbocycles. The summed E-state index contributed by atoms with van der Waals surface area (Å²) in [5, 5.41) is 3.23. The molecule has 4 heteroatoms. The SMILES string of the molecule is FC(F)c1cccc(C2CCCN2)n1. The van der Waals surface area contributed by atoms with Gasteiger partial charge in [0.15, 0.2) is 0 Å². The summed E-state index contributed by atoms with van der Waals surface area (Å²) in [4.78, 5) is 3.94. The molecule has 1 atom stereocenters. The molecule has 0 spiro atoms. The maximum atomic E-state index is 12.4. The van der Waals surface area contributed by atoms with Gasteiger partial charge in [0.1, 0.15) is 5.69 Å². The monoisotopic (exact) mass is 198 g/mol. The van der Waals surface area contributed by atoms with Crippen LogP contribution >= 0.6 is 0 Å². The normalized spacial score (nSPS) is 21.8. The molecule has 2 heterocycles. The highest BCUT2D eigenvalue weighted by atomic mass is 19.3. The minimum atomic E-state index is -2.48. The highest BCUT2D eigenvalue weighted by Crippen LogP contribution is 2.23. The van der Waals surface area contributed by atoms with Crippen molar-refractivity contribution in [1.29, 1.82) is 0 Å². The molecule has 1 saturated heterocycles. The van der Waals surface area contributed by atoms with Crippen molar-refractivity contribution in [2.24, 2.45) is 0 Å². The first-order valence-corrected chi connectivity index (χ1v) is 4.76. The number of hydrogen-bond acceptors (Lipinski definition) is 2. The molecule has 0 aromatic carbocycles. The Morgan fingerprint density at radius 3 is 2.93 bits per heavy atom. The third-order valence-electron chi connectivity index (χ3n) is 2.43. The molecule has 2 rings (SSSR count). The van der Waals surface area contributed by atoms with Crippen molar-refractivity contribution in [2.45, 2.75) is 25.3 Å². The summed E-state index contributed by atoms with van der Waals surface area (Å²) in [6.45, 7) is 0.950. The van der Waals surface area contributed by atoms with Crippen LogP contribution in [0.1, 0.15) is 36.7 Å². The summed E-state index contributed by atoms with van der Waals surface area (Å²) in [5.74, 6) is 0. The number of nitrogens with zero attached hydrogens (tertiary/aromatic N) is 1. The zero-order valence-electron chi connectivity index (χ0n) is 7.71. The van der Waals surface area contributed by atoms with E-state index in [-0.39, 0.29) is 11.7 Å². The van der Waals surface area contributed by atoms with Gasteiger partial charge in [0, 0.05) is 6.04 Å². The number of hydrogen-bond donors (Lipinski definition) is 1. The fraction of sp³-hybridized carbons (Fsp3) is 0.500. The molecular formula is C10H12F2N2. The van der Waals surface area contributed by atoms with E-state index in [4.69, 9.17) is 0 Å². The molecule has 0 saturated carbocycles. The summed E-state index contributed by atoms with van der Waals surface area (Å²) in [6, 6.07) is 4.97. The van der Waals surface area contributed by atoms with E-state index in [0.717, 1.165) is 25.1 Å². The second-order valence-corrected chi connectivity index (χ2v) is 3.44.